The van der Waals surface area contributed by atoms with Gasteiger partial charge in [0.15, 0.2) is 6.61 Å². The monoisotopic (exact) mass is 227 g/mol. The molecule has 0 fully saturated rings. The lowest BCUT2D eigenvalue weighted by Crippen LogP contribution is -2.21. The smallest absolute Gasteiger partial charge is 0.341 e. The highest BCUT2D eigenvalue weighted by Gasteiger charge is 2.14. The van der Waals surface area contributed by atoms with Gasteiger partial charge in [-0.15, -0.1) is 0 Å². The van der Waals surface area contributed by atoms with Gasteiger partial charge >= 0.3 is 5.97 Å². The lowest BCUT2D eigenvalue weighted by Gasteiger charge is -2.05. The molecule has 0 bridgehead atoms. The molecular weight excluding hydrogens is 217 g/mol. The molecule has 0 aliphatic heterocycles. The van der Waals surface area contributed by atoms with E-state index in [0.717, 1.165) is 6.07 Å². The van der Waals surface area contributed by atoms with E-state index in [2.05, 4.69) is 4.74 Å². The summed E-state index contributed by atoms with van der Waals surface area (Å²) >= 11 is 0. The normalized spacial score (nSPS) is 9.62. The molecule has 1 rings (SSSR count). The summed E-state index contributed by atoms with van der Waals surface area (Å²) in [6.45, 7) is -0.579. The highest BCUT2D eigenvalue weighted by Crippen LogP contribution is 2.16. The Bertz CT molecular complexity index is 419. The maximum absolute atomic E-state index is 13.3. The Hall–Kier alpha value is -2.11. The average Bonchev–Trinajstić information content (AvgIpc) is 2.25. The number of benzene rings is 1. The molecule has 0 unspecified atom stereocenters. The largest absolute Gasteiger partial charge is 0.497 e. The predicted octanol–water partition coefficient (Wildman–Crippen LogP) is 0.476. The topological polar surface area (TPSA) is 78.6 Å². The lowest BCUT2D eigenvalue weighted by molar-refractivity contribution is -0.121. The van der Waals surface area contributed by atoms with Gasteiger partial charge < -0.3 is 15.2 Å². The Morgan fingerprint density at radius 1 is 1.44 bits per heavy atom. The van der Waals surface area contributed by atoms with Crippen LogP contribution in [0.4, 0.5) is 4.39 Å². The van der Waals surface area contributed by atoms with Gasteiger partial charge in [0, 0.05) is 6.07 Å². The second-order valence-electron chi connectivity index (χ2n) is 2.89. The molecule has 6 heteroatoms. The third-order valence-corrected chi connectivity index (χ3v) is 1.74. The maximum Gasteiger partial charge on any atom is 0.341 e. The minimum Gasteiger partial charge on any atom is -0.497 e. The molecule has 0 radical (unpaired) electrons. The van der Waals surface area contributed by atoms with Crippen LogP contribution in [0.2, 0.25) is 0 Å². The highest BCUT2D eigenvalue weighted by molar-refractivity contribution is 5.91. The Morgan fingerprint density at radius 2 is 2.12 bits per heavy atom. The minimum absolute atomic E-state index is 0.276. The van der Waals surface area contributed by atoms with Crippen LogP contribution < -0.4 is 10.5 Å². The van der Waals surface area contributed by atoms with Crippen molar-refractivity contribution < 1.29 is 23.5 Å². The van der Waals surface area contributed by atoms with Gasteiger partial charge in [0.1, 0.15) is 11.6 Å². The molecule has 16 heavy (non-hydrogen) atoms. The number of carbonyl (C=O) groups excluding carboxylic acids is 2. The van der Waals surface area contributed by atoms with Gasteiger partial charge in [-0.25, -0.2) is 9.18 Å². The highest BCUT2D eigenvalue weighted by atomic mass is 19.1. The first-order valence-electron chi connectivity index (χ1n) is 4.33. The van der Waals surface area contributed by atoms with Gasteiger partial charge in [-0.2, -0.15) is 0 Å². The van der Waals surface area contributed by atoms with Gasteiger partial charge in [-0.3, -0.25) is 4.79 Å². The summed E-state index contributed by atoms with van der Waals surface area (Å²) in [7, 11) is 1.37. The fraction of sp³-hybridized carbons (Fsp3) is 0.200. The fourth-order valence-electron chi connectivity index (χ4n) is 1.00. The molecule has 0 aliphatic carbocycles. The number of hydrogen-bond acceptors (Lipinski definition) is 4. The second kappa shape index (κ2) is 5.11. The zero-order chi connectivity index (χ0) is 12.1. The first-order chi connectivity index (χ1) is 7.54. The van der Waals surface area contributed by atoms with E-state index in [0.29, 0.717) is 0 Å². The number of rotatable bonds is 4. The quantitative estimate of drug-likeness (QED) is 0.758. The molecule has 1 aromatic carbocycles. The summed E-state index contributed by atoms with van der Waals surface area (Å²) in [5, 5.41) is 0. The van der Waals surface area contributed by atoms with Gasteiger partial charge in [0.25, 0.3) is 5.91 Å². The van der Waals surface area contributed by atoms with Crippen molar-refractivity contribution in [2.24, 2.45) is 5.73 Å². The van der Waals surface area contributed by atoms with Crippen LogP contribution in [0.15, 0.2) is 18.2 Å². The minimum atomic E-state index is -0.945. The molecule has 5 nitrogen and oxygen atoms in total. The number of methoxy groups -OCH3 is 1. The molecule has 0 spiro atoms. The van der Waals surface area contributed by atoms with Crippen molar-refractivity contribution in [1.29, 1.82) is 0 Å². The number of ether oxygens (including phenoxy) is 2. The standard InChI is InChI=1S/C10H10FNO4/c1-15-6-2-3-7(8(11)4-6)10(14)16-5-9(12)13/h2-4H,5H2,1H3,(H2,12,13). The lowest BCUT2D eigenvalue weighted by atomic mass is 10.2. The second-order valence-corrected chi connectivity index (χ2v) is 2.89. The van der Waals surface area contributed by atoms with Crippen LogP contribution in [0.1, 0.15) is 10.4 Å². The number of nitrogens with two attached hydrogens (primary N) is 1. The van der Waals surface area contributed by atoms with Gasteiger partial charge in [-0.1, -0.05) is 0 Å². The fourth-order valence-corrected chi connectivity index (χ4v) is 1.00. The van der Waals surface area contributed by atoms with E-state index in [4.69, 9.17) is 10.5 Å². The summed E-state index contributed by atoms with van der Waals surface area (Å²) in [5.74, 6) is -2.25. The molecule has 0 saturated heterocycles. The molecule has 0 aliphatic rings. The van der Waals surface area contributed by atoms with Gasteiger partial charge in [-0.05, 0) is 12.1 Å². The van der Waals surface area contributed by atoms with Crippen LogP contribution in [0.25, 0.3) is 0 Å². The van der Waals surface area contributed by atoms with Crippen molar-refractivity contribution >= 4 is 11.9 Å². The Balaban J connectivity index is 2.79. The number of halogens is 1. The van der Waals surface area contributed by atoms with Crippen LogP contribution in [-0.2, 0) is 9.53 Å². The summed E-state index contributed by atoms with van der Waals surface area (Å²) in [6, 6.07) is 3.66. The molecule has 0 atom stereocenters. The molecule has 1 amide bonds. The third-order valence-electron chi connectivity index (χ3n) is 1.74. The number of carbonyl (C=O) groups is 2. The number of amides is 1. The maximum atomic E-state index is 13.3. The molecule has 86 valence electrons. The van der Waals surface area contributed by atoms with Gasteiger partial charge in [0.05, 0.1) is 12.7 Å². The van der Waals surface area contributed by atoms with Crippen molar-refractivity contribution in [1.82, 2.24) is 0 Å². The van der Waals surface area contributed by atoms with Crippen molar-refractivity contribution in [3.05, 3.63) is 29.6 Å². The molecule has 0 heterocycles. The van der Waals surface area contributed by atoms with Crippen molar-refractivity contribution in [3.63, 3.8) is 0 Å². The van der Waals surface area contributed by atoms with E-state index < -0.39 is 24.3 Å². The summed E-state index contributed by atoms with van der Waals surface area (Å²) in [4.78, 5) is 21.6. The van der Waals surface area contributed by atoms with Gasteiger partial charge in [0.2, 0.25) is 0 Å². The predicted molar refractivity (Wildman–Crippen MR) is 52.4 cm³/mol. The van der Waals surface area contributed by atoms with Crippen LogP contribution in [0.5, 0.6) is 5.75 Å². The van der Waals surface area contributed by atoms with Crippen LogP contribution in [0, 0.1) is 5.82 Å². The Labute approximate surface area is 90.9 Å². The summed E-state index contributed by atoms with van der Waals surface area (Å²) in [6.07, 6.45) is 0. The third kappa shape index (κ3) is 2.94. The van der Waals surface area contributed by atoms with Crippen molar-refractivity contribution in [3.8, 4) is 5.75 Å². The van der Waals surface area contributed by atoms with Crippen LogP contribution in [0.3, 0.4) is 0 Å². The number of esters is 1. The van der Waals surface area contributed by atoms with Crippen LogP contribution >= 0.6 is 0 Å². The molecule has 0 saturated carbocycles. The van der Waals surface area contributed by atoms with E-state index in [9.17, 15) is 14.0 Å². The van der Waals surface area contributed by atoms with E-state index in [1.807, 2.05) is 0 Å². The number of primary amides is 1. The van der Waals surface area contributed by atoms with Crippen LogP contribution in [-0.4, -0.2) is 25.6 Å². The molecule has 2 N–H and O–H groups in total. The molecule has 1 aromatic rings. The SMILES string of the molecule is COc1ccc(C(=O)OCC(N)=O)c(F)c1. The number of hydrogen-bond donors (Lipinski definition) is 1. The van der Waals surface area contributed by atoms with E-state index in [-0.39, 0.29) is 11.3 Å². The Morgan fingerprint density at radius 3 is 2.62 bits per heavy atom. The summed E-state index contributed by atoms with van der Waals surface area (Å²) in [5.41, 5.74) is 4.50. The van der Waals surface area contributed by atoms with E-state index in [1.54, 1.807) is 0 Å². The summed E-state index contributed by atoms with van der Waals surface area (Å²) < 4.78 is 22.5. The van der Waals surface area contributed by atoms with Crippen molar-refractivity contribution in [2.45, 2.75) is 0 Å². The first kappa shape index (κ1) is 12.0. The molecular formula is C10H10FNO4. The van der Waals surface area contributed by atoms with E-state index in [1.165, 1.54) is 19.2 Å². The Kier molecular flexibility index (Phi) is 3.82. The zero-order valence-electron chi connectivity index (χ0n) is 8.53. The average molecular weight is 227 g/mol. The zero-order valence-corrected chi connectivity index (χ0v) is 8.53. The molecule has 0 aromatic heterocycles. The van der Waals surface area contributed by atoms with E-state index >= 15 is 0 Å². The first-order valence-corrected chi connectivity index (χ1v) is 4.33. The van der Waals surface area contributed by atoms with Crippen molar-refractivity contribution in [2.75, 3.05) is 13.7 Å².